The minimum Gasteiger partial charge on any atom is -0.332 e. The molecule has 0 saturated heterocycles. The van der Waals surface area contributed by atoms with Gasteiger partial charge in [0.1, 0.15) is 5.69 Å². The van der Waals surface area contributed by atoms with Crippen LogP contribution in [0.3, 0.4) is 0 Å². The molecule has 0 aliphatic carbocycles. The van der Waals surface area contributed by atoms with E-state index in [4.69, 9.17) is 5.84 Å². The highest BCUT2D eigenvalue weighted by Crippen LogP contribution is 1.67. The number of aromatic amines is 1. The van der Waals surface area contributed by atoms with Crippen molar-refractivity contribution in [2.75, 3.05) is 5.84 Å². The van der Waals surface area contributed by atoms with E-state index in [1.165, 1.54) is 6.92 Å². The number of nitrogens with one attached hydrogen (secondary N) is 1. The first-order chi connectivity index (χ1) is 4.63. The van der Waals surface area contributed by atoms with Crippen molar-refractivity contribution in [2.45, 2.75) is 6.92 Å². The predicted octanol–water partition coefficient (Wildman–Crippen LogP) is -2.05. The van der Waals surface area contributed by atoms with E-state index in [0.29, 0.717) is 4.68 Å². The maximum absolute atomic E-state index is 10.7. The highest BCUT2D eigenvalue weighted by atomic mass is 16.2. The number of aromatic nitrogens is 3. The number of rotatable bonds is 0. The van der Waals surface area contributed by atoms with E-state index in [0.717, 1.165) is 0 Å². The van der Waals surface area contributed by atoms with Crippen molar-refractivity contribution in [2.24, 2.45) is 0 Å². The lowest BCUT2D eigenvalue weighted by Gasteiger charge is -1.93. The summed E-state index contributed by atoms with van der Waals surface area (Å²) >= 11 is 0. The number of hydrogen-bond donors (Lipinski definition) is 2. The average Bonchev–Trinajstić information content (AvgIpc) is 1.93. The summed E-state index contributed by atoms with van der Waals surface area (Å²) < 4.78 is 0.475. The first-order valence-corrected chi connectivity index (χ1v) is 2.56. The second-order valence-electron chi connectivity index (χ2n) is 1.79. The Bertz CT molecular complexity index is 349. The van der Waals surface area contributed by atoms with Crippen molar-refractivity contribution >= 4 is 0 Å². The van der Waals surface area contributed by atoms with Crippen LogP contribution < -0.4 is 17.1 Å². The molecular weight excluding hydrogens is 136 g/mol. The Balaban J connectivity index is 3.66. The van der Waals surface area contributed by atoms with Gasteiger partial charge in [-0.15, -0.1) is 0 Å². The molecule has 1 heterocycles. The Labute approximate surface area is 55.3 Å². The van der Waals surface area contributed by atoms with Gasteiger partial charge in [-0.2, -0.15) is 9.77 Å². The molecule has 0 aliphatic rings. The molecule has 0 spiro atoms. The molecule has 0 aromatic carbocycles. The van der Waals surface area contributed by atoms with Crippen LogP contribution in [0.5, 0.6) is 0 Å². The van der Waals surface area contributed by atoms with Crippen LogP contribution in [0.25, 0.3) is 0 Å². The summed E-state index contributed by atoms with van der Waals surface area (Å²) in [6.45, 7) is 1.46. The molecule has 1 aromatic heterocycles. The van der Waals surface area contributed by atoms with E-state index in [-0.39, 0.29) is 5.69 Å². The fourth-order valence-corrected chi connectivity index (χ4v) is 0.500. The third-order valence-corrected chi connectivity index (χ3v) is 1.07. The van der Waals surface area contributed by atoms with Crippen molar-refractivity contribution in [1.82, 2.24) is 14.9 Å². The molecule has 1 rings (SSSR count). The van der Waals surface area contributed by atoms with Crippen LogP contribution in [-0.2, 0) is 0 Å². The van der Waals surface area contributed by atoms with E-state index < -0.39 is 11.2 Å². The minimum atomic E-state index is -0.712. The van der Waals surface area contributed by atoms with Gasteiger partial charge < -0.3 is 5.84 Å². The summed E-state index contributed by atoms with van der Waals surface area (Å²) in [6.07, 6.45) is 0. The summed E-state index contributed by atoms with van der Waals surface area (Å²) in [7, 11) is 0. The molecule has 6 heteroatoms. The van der Waals surface area contributed by atoms with Crippen LogP contribution in [0.4, 0.5) is 0 Å². The fourth-order valence-electron chi connectivity index (χ4n) is 0.500. The third kappa shape index (κ3) is 0.790. The molecule has 0 radical (unpaired) electrons. The highest BCUT2D eigenvalue weighted by molar-refractivity contribution is 4.89. The van der Waals surface area contributed by atoms with Crippen molar-refractivity contribution in [3.8, 4) is 0 Å². The lowest BCUT2D eigenvalue weighted by atomic mass is 10.5. The Morgan fingerprint density at radius 1 is 1.60 bits per heavy atom. The lowest BCUT2D eigenvalue weighted by Crippen LogP contribution is -2.42. The van der Waals surface area contributed by atoms with Gasteiger partial charge >= 0.3 is 5.69 Å². The van der Waals surface area contributed by atoms with Gasteiger partial charge in [-0.25, -0.2) is 9.89 Å². The van der Waals surface area contributed by atoms with E-state index in [1.807, 2.05) is 5.10 Å². The molecule has 10 heavy (non-hydrogen) atoms. The van der Waals surface area contributed by atoms with Gasteiger partial charge in [0.2, 0.25) is 0 Å². The van der Waals surface area contributed by atoms with Crippen LogP contribution in [0, 0.1) is 6.92 Å². The monoisotopic (exact) mass is 142 g/mol. The van der Waals surface area contributed by atoms with Crippen LogP contribution >= 0.6 is 0 Å². The number of hydrogen-bond acceptors (Lipinski definition) is 4. The zero-order valence-corrected chi connectivity index (χ0v) is 5.29. The zero-order valence-electron chi connectivity index (χ0n) is 5.29. The lowest BCUT2D eigenvalue weighted by molar-refractivity contribution is 0.746. The van der Waals surface area contributed by atoms with Crippen molar-refractivity contribution in [3.63, 3.8) is 0 Å². The van der Waals surface area contributed by atoms with Crippen LogP contribution in [0.1, 0.15) is 5.69 Å². The standard InChI is InChI=1S/C4H6N4O2/c1-2-3(9)8(5)4(10)7-6-2/h5H2,1H3,(H,7,10). The van der Waals surface area contributed by atoms with Crippen LogP contribution in [-0.4, -0.2) is 14.9 Å². The largest absolute Gasteiger partial charge is 0.363 e. The van der Waals surface area contributed by atoms with Gasteiger partial charge in [0.05, 0.1) is 0 Å². The molecular formula is C4H6N4O2. The van der Waals surface area contributed by atoms with E-state index in [2.05, 4.69) is 5.10 Å². The average molecular weight is 142 g/mol. The second-order valence-corrected chi connectivity index (χ2v) is 1.79. The first kappa shape index (κ1) is 6.53. The highest BCUT2D eigenvalue weighted by Gasteiger charge is 1.98. The van der Waals surface area contributed by atoms with Crippen molar-refractivity contribution in [1.29, 1.82) is 0 Å². The summed E-state index contributed by atoms with van der Waals surface area (Å²) in [5.41, 5.74) is -1.12. The minimum absolute atomic E-state index is 0.169. The number of H-pyrrole nitrogens is 1. The number of nitrogens with zero attached hydrogens (tertiary/aromatic N) is 2. The van der Waals surface area contributed by atoms with E-state index in [9.17, 15) is 9.59 Å². The molecule has 0 amide bonds. The van der Waals surface area contributed by atoms with Gasteiger partial charge in [0.25, 0.3) is 5.56 Å². The van der Waals surface area contributed by atoms with Crippen LogP contribution in [0.15, 0.2) is 9.59 Å². The van der Waals surface area contributed by atoms with E-state index >= 15 is 0 Å². The number of aryl methyl sites for hydroxylation is 1. The summed E-state index contributed by atoms with van der Waals surface area (Å²) in [6, 6.07) is 0. The topological polar surface area (TPSA) is 93.8 Å². The van der Waals surface area contributed by atoms with Gasteiger partial charge in [0, 0.05) is 0 Å². The summed E-state index contributed by atoms with van der Waals surface area (Å²) in [4.78, 5) is 21.3. The first-order valence-electron chi connectivity index (χ1n) is 2.56. The Morgan fingerprint density at radius 2 is 2.20 bits per heavy atom. The molecule has 6 nitrogen and oxygen atoms in total. The molecule has 54 valence electrons. The number of nitrogens with two attached hydrogens (primary N) is 1. The van der Waals surface area contributed by atoms with Crippen molar-refractivity contribution in [3.05, 3.63) is 26.5 Å². The Hall–Kier alpha value is -1.59. The van der Waals surface area contributed by atoms with Gasteiger partial charge in [0.15, 0.2) is 0 Å². The molecule has 0 aliphatic heterocycles. The second kappa shape index (κ2) is 1.98. The van der Waals surface area contributed by atoms with Crippen LogP contribution in [0.2, 0.25) is 0 Å². The van der Waals surface area contributed by atoms with Gasteiger partial charge in [-0.3, -0.25) is 4.79 Å². The van der Waals surface area contributed by atoms with Gasteiger partial charge in [-0.05, 0) is 6.92 Å². The molecule has 0 saturated carbocycles. The maximum atomic E-state index is 10.7. The smallest absolute Gasteiger partial charge is 0.332 e. The third-order valence-electron chi connectivity index (χ3n) is 1.07. The molecule has 1 aromatic rings. The van der Waals surface area contributed by atoms with Crippen molar-refractivity contribution < 1.29 is 0 Å². The molecule has 3 N–H and O–H groups in total. The van der Waals surface area contributed by atoms with E-state index in [1.54, 1.807) is 0 Å². The Kier molecular flexibility index (Phi) is 1.29. The summed E-state index contributed by atoms with van der Waals surface area (Å²) in [5.74, 6) is 5.00. The quantitative estimate of drug-likeness (QED) is 0.408. The molecule has 0 atom stereocenters. The molecule has 0 fully saturated rings. The molecule has 0 unspecified atom stereocenters. The predicted molar refractivity (Wildman–Crippen MR) is 34.0 cm³/mol. The maximum Gasteiger partial charge on any atom is 0.363 e. The SMILES string of the molecule is Cc1n[nH]c(=O)n(N)c1=O. The summed E-state index contributed by atoms with van der Waals surface area (Å²) in [5, 5.41) is 5.43. The number of nitrogen functional groups attached to an aromatic ring is 1. The fraction of sp³-hybridized carbons (Fsp3) is 0.250. The van der Waals surface area contributed by atoms with Gasteiger partial charge in [-0.1, -0.05) is 0 Å². The zero-order chi connectivity index (χ0) is 7.72. The Morgan fingerprint density at radius 3 is 2.70 bits per heavy atom. The normalized spacial score (nSPS) is 9.70. The molecule has 0 bridgehead atoms.